The third kappa shape index (κ3) is 6.99. The second kappa shape index (κ2) is 10.6. The molecule has 2 N–H and O–H groups in total. The van der Waals surface area contributed by atoms with Crippen molar-refractivity contribution < 1.29 is 9.47 Å². The predicted molar refractivity (Wildman–Crippen MR) is 121 cm³/mol. The van der Waals surface area contributed by atoms with Gasteiger partial charge >= 0.3 is 0 Å². The number of morpholine rings is 1. The first-order chi connectivity index (χ1) is 14.0. The van der Waals surface area contributed by atoms with Gasteiger partial charge in [0.25, 0.3) is 0 Å². The zero-order chi connectivity index (χ0) is 20.6. The standard InChI is InChI=1S/C23H31N3O2S/c1-17-14-26(15-18(2)28-17)16-21-6-4-19(5-7-21)12-24-23(29)25-13-20-8-10-22(27-3)11-9-20/h4-11,17-18H,12-16H2,1-3H3,(H2,24,25,29)/t17-,18+. The number of hydrogen-bond acceptors (Lipinski definition) is 4. The van der Waals surface area contributed by atoms with Gasteiger partial charge in [-0.15, -0.1) is 0 Å². The van der Waals surface area contributed by atoms with Crippen molar-refractivity contribution in [2.75, 3.05) is 20.2 Å². The number of ether oxygens (including phenoxy) is 2. The number of nitrogens with zero attached hydrogens (tertiary/aromatic N) is 1. The Bertz CT molecular complexity index is 770. The Morgan fingerprint density at radius 1 is 0.931 bits per heavy atom. The fourth-order valence-electron chi connectivity index (χ4n) is 3.60. The van der Waals surface area contributed by atoms with E-state index in [1.54, 1.807) is 7.11 Å². The maximum Gasteiger partial charge on any atom is 0.166 e. The first-order valence-electron chi connectivity index (χ1n) is 10.1. The number of methoxy groups -OCH3 is 1. The minimum absolute atomic E-state index is 0.300. The summed E-state index contributed by atoms with van der Waals surface area (Å²) in [5.41, 5.74) is 3.70. The first kappa shape index (κ1) is 21.6. The van der Waals surface area contributed by atoms with E-state index in [4.69, 9.17) is 21.7 Å². The smallest absolute Gasteiger partial charge is 0.166 e. The molecule has 2 atom stereocenters. The molecule has 156 valence electrons. The van der Waals surface area contributed by atoms with Gasteiger partial charge in [0.15, 0.2) is 5.11 Å². The maximum atomic E-state index is 5.81. The molecule has 6 heteroatoms. The molecule has 1 saturated heterocycles. The van der Waals surface area contributed by atoms with Crippen molar-refractivity contribution in [1.29, 1.82) is 0 Å². The summed E-state index contributed by atoms with van der Waals surface area (Å²) in [4.78, 5) is 2.46. The van der Waals surface area contributed by atoms with Crippen LogP contribution in [0.15, 0.2) is 48.5 Å². The molecule has 2 aromatic carbocycles. The van der Waals surface area contributed by atoms with E-state index in [0.29, 0.717) is 30.4 Å². The van der Waals surface area contributed by atoms with Gasteiger partial charge in [-0.05, 0) is 54.9 Å². The van der Waals surface area contributed by atoms with Crippen LogP contribution in [0.4, 0.5) is 0 Å². The maximum absolute atomic E-state index is 5.81. The molecule has 1 aliphatic heterocycles. The van der Waals surface area contributed by atoms with Crippen molar-refractivity contribution in [3.63, 3.8) is 0 Å². The van der Waals surface area contributed by atoms with E-state index in [2.05, 4.69) is 53.6 Å². The van der Waals surface area contributed by atoms with Crippen LogP contribution in [0.25, 0.3) is 0 Å². The summed E-state index contributed by atoms with van der Waals surface area (Å²) in [5, 5.41) is 7.17. The van der Waals surface area contributed by atoms with Crippen LogP contribution in [0.3, 0.4) is 0 Å². The van der Waals surface area contributed by atoms with E-state index in [9.17, 15) is 0 Å². The number of thiocarbonyl (C=S) groups is 1. The summed E-state index contributed by atoms with van der Waals surface area (Å²) in [6.07, 6.45) is 0.599. The average molecular weight is 414 g/mol. The van der Waals surface area contributed by atoms with Gasteiger partial charge in [-0.25, -0.2) is 0 Å². The lowest BCUT2D eigenvalue weighted by molar-refractivity contribution is -0.0704. The number of rotatable bonds is 7. The van der Waals surface area contributed by atoms with E-state index in [-0.39, 0.29) is 0 Å². The molecular formula is C23H31N3O2S. The molecule has 0 unspecified atom stereocenters. The van der Waals surface area contributed by atoms with Gasteiger partial charge in [0.05, 0.1) is 19.3 Å². The largest absolute Gasteiger partial charge is 0.497 e. The monoisotopic (exact) mass is 413 g/mol. The van der Waals surface area contributed by atoms with Crippen LogP contribution >= 0.6 is 12.2 Å². The van der Waals surface area contributed by atoms with E-state index in [0.717, 1.165) is 30.9 Å². The molecule has 1 heterocycles. The van der Waals surface area contributed by atoms with Crippen LogP contribution in [0.1, 0.15) is 30.5 Å². The van der Waals surface area contributed by atoms with Crippen molar-refractivity contribution in [2.24, 2.45) is 0 Å². The van der Waals surface area contributed by atoms with Gasteiger partial charge in [-0.2, -0.15) is 0 Å². The van der Waals surface area contributed by atoms with Gasteiger partial charge in [0.2, 0.25) is 0 Å². The van der Waals surface area contributed by atoms with E-state index in [1.165, 1.54) is 11.1 Å². The summed E-state index contributed by atoms with van der Waals surface area (Å²) in [5.74, 6) is 0.857. The second-order valence-corrected chi connectivity index (χ2v) is 8.06. The predicted octanol–water partition coefficient (Wildman–Crippen LogP) is 3.47. The Labute approximate surface area is 179 Å². The summed E-state index contributed by atoms with van der Waals surface area (Å²) in [6, 6.07) is 16.7. The molecule has 3 rings (SSSR count). The second-order valence-electron chi connectivity index (χ2n) is 7.65. The van der Waals surface area contributed by atoms with Crippen molar-refractivity contribution >= 4 is 17.3 Å². The minimum Gasteiger partial charge on any atom is -0.497 e. The topological polar surface area (TPSA) is 45.8 Å². The normalized spacial score (nSPS) is 19.6. The lowest BCUT2D eigenvalue weighted by Gasteiger charge is -2.35. The highest BCUT2D eigenvalue weighted by Gasteiger charge is 2.21. The number of hydrogen-bond donors (Lipinski definition) is 2. The average Bonchev–Trinajstić information content (AvgIpc) is 2.71. The molecule has 0 saturated carbocycles. The van der Waals surface area contributed by atoms with E-state index < -0.39 is 0 Å². The molecule has 1 aliphatic rings. The molecular weight excluding hydrogens is 382 g/mol. The number of benzene rings is 2. The molecule has 0 spiro atoms. The van der Waals surface area contributed by atoms with Crippen LogP contribution in [-0.4, -0.2) is 42.4 Å². The molecule has 0 radical (unpaired) electrons. The summed E-state index contributed by atoms with van der Waals surface area (Å²) in [6.45, 7) is 8.62. The van der Waals surface area contributed by atoms with Gasteiger partial charge < -0.3 is 20.1 Å². The van der Waals surface area contributed by atoms with Crippen LogP contribution in [-0.2, 0) is 24.4 Å². The van der Waals surface area contributed by atoms with Crippen molar-refractivity contribution in [2.45, 2.75) is 45.7 Å². The zero-order valence-electron chi connectivity index (χ0n) is 17.5. The molecule has 0 aromatic heterocycles. The Morgan fingerprint density at radius 2 is 1.41 bits per heavy atom. The van der Waals surface area contributed by atoms with Gasteiger partial charge in [-0.3, -0.25) is 4.90 Å². The van der Waals surface area contributed by atoms with E-state index >= 15 is 0 Å². The summed E-state index contributed by atoms with van der Waals surface area (Å²) < 4.78 is 11.0. The van der Waals surface area contributed by atoms with Crippen molar-refractivity contribution in [3.8, 4) is 5.75 Å². The third-order valence-electron chi connectivity index (χ3n) is 4.99. The number of nitrogens with one attached hydrogen (secondary N) is 2. The van der Waals surface area contributed by atoms with E-state index in [1.807, 2.05) is 24.3 Å². The quantitative estimate of drug-likeness (QED) is 0.678. The molecule has 2 aromatic rings. The molecule has 0 aliphatic carbocycles. The van der Waals surface area contributed by atoms with Crippen LogP contribution in [0.5, 0.6) is 5.75 Å². The lowest BCUT2D eigenvalue weighted by Crippen LogP contribution is -2.44. The van der Waals surface area contributed by atoms with Crippen LogP contribution < -0.4 is 15.4 Å². The van der Waals surface area contributed by atoms with Crippen LogP contribution in [0, 0.1) is 0 Å². The van der Waals surface area contributed by atoms with Gasteiger partial charge in [-0.1, -0.05) is 36.4 Å². The van der Waals surface area contributed by atoms with Crippen molar-refractivity contribution in [3.05, 3.63) is 65.2 Å². The fraction of sp³-hybridized carbons (Fsp3) is 0.435. The first-order valence-corrected chi connectivity index (χ1v) is 10.5. The molecule has 5 nitrogen and oxygen atoms in total. The zero-order valence-corrected chi connectivity index (χ0v) is 18.3. The summed E-state index contributed by atoms with van der Waals surface area (Å²) >= 11 is 5.39. The molecule has 29 heavy (non-hydrogen) atoms. The molecule has 0 bridgehead atoms. The Hall–Kier alpha value is -2.15. The fourth-order valence-corrected chi connectivity index (χ4v) is 3.75. The SMILES string of the molecule is COc1ccc(CNC(=S)NCc2ccc(CN3C[C@@H](C)O[C@@H](C)C3)cc2)cc1. The highest BCUT2D eigenvalue weighted by atomic mass is 32.1. The van der Waals surface area contributed by atoms with Gasteiger partial charge in [0.1, 0.15) is 5.75 Å². The highest BCUT2D eigenvalue weighted by molar-refractivity contribution is 7.80. The lowest BCUT2D eigenvalue weighted by atomic mass is 10.1. The Kier molecular flexibility index (Phi) is 7.86. The molecule has 0 amide bonds. The molecule has 1 fully saturated rings. The van der Waals surface area contributed by atoms with Crippen molar-refractivity contribution in [1.82, 2.24) is 15.5 Å². The Balaban J connectivity index is 1.40. The van der Waals surface area contributed by atoms with Crippen LogP contribution in [0.2, 0.25) is 0 Å². The highest BCUT2D eigenvalue weighted by Crippen LogP contribution is 2.15. The Morgan fingerprint density at radius 3 is 1.93 bits per heavy atom. The summed E-state index contributed by atoms with van der Waals surface area (Å²) in [7, 11) is 1.67. The minimum atomic E-state index is 0.300. The van der Waals surface area contributed by atoms with Gasteiger partial charge in [0, 0.05) is 32.7 Å². The third-order valence-corrected chi connectivity index (χ3v) is 5.28.